The molecule has 0 radical (unpaired) electrons. The van der Waals surface area contributed by atoms with Gasteiger partial charge in [-0.25, -0.2) is 4.72 Å². The number of methoxy groups -OCH3 is 1. The summed E-state index contributed by atoms with van der Waals surface area (Å²) in [4.78, 5) is 30.4. The number of ether oxygens (including phenoxy) is 2. The molecule has 6 aliphatic rings. The van der Waals surface area contributed by atoms with Crippen molar-refractivity contribution in [3.05, 3.63) is 53.1 Å². The molecule has 3 saturated carbocycles. The molecule has 5 fully saturated rings. The molecule has 1 unspecified atom stereocenters. The molecule has 11 heteroatoms. The average Bonchev–Trinajstić information content (AvgIpc) is 3.92. The first-order chi connectivity index (χ1) is 23.7. The summed E-state index contributed by atoms with van der Waals surface area (Å²) in [6, 6.07) is 11.9. The van der Waals surface area contributed by atoms with Gasteiger partial charge in [0.05, 0.1) is 29.9 Å². The van der Waals surface area contributed by atoms with Gasteiger partial charge >= 0.3 is 10.2 Å². The Morgan fingerprint density at radius 1 is 0.918 bits per heavy atom. The second-order valence-corrected chi connectivity index (χ2v) is 17.2. The van der Waals surface area contributed by atoms with E-state index in [9.17, 15) is 18.0 Å². The average molecular weight is 687 g/mol. The van der Waals surface area contributed by atoms with Crippen molar-refractivity contribution in [1.29, 1.82) is 0 Å². The van der Waals surface area contributed by atoms with Crippen LogP contribution in [0.3, 0.4) is 0 Å². The van der Waals surface area contributed by atoms with Crippen molar-refractivity contribution in [2.45, 2.75) is 101 Å². The molecule has 1 atom stereocenters. The lowest BCUT2D eigenvalue weighted by Gasteiger charge is -2.40. The normalized spacial score (nSPS) is 24.4. The molecule has 2 spiro atoms. The van der Waals surface area contributed by atoms with Gasteiger partial charge in [0.25, 0.3) is 5.91 Å². The number of hydrogen-bond donors (Lipinski definition) is 1. The predicted octanol–water partition coefficient (Wildman–Crippen LogP) is 5.53. The monoisotopic (exact) mass is 686 g/mol. The van der Waals surface area contributed by atoms with E-state index in [0.29, 0.717) is 50.6 Å². The molecule has 3 aliphatic carbocycles. The van der Waals surface area contributed by atoms with Crippen molar-refractivity contribution in [3.63, 3.8) is 0 Å². The smallest absolute Gasteiger partial charge is 0.304 e. The van der Waals surface area contributed by atoms with Crippen LogP contribution in [0.5, 0.6) is 5.75 Å². The van der Waals surface area contributed by atoms with Gasteiger partial charge in [0.15, 0.2) is 0 Å². The Morgan fingerprint density at radius 3 is 2.31 bits per heavy atom. The largest absolute Gasteiger partial charge is 0.497 e. The molecule has 10 nitrogen and oxygen atoms in total. The highest BCUT2D eigenvalue weighted by Gasteiger charge is 2.61. The number of morpholine rings is 1. The molecule has 9 rings (SSSR count). The highest BCUT2D eigenvalue weighted by atomic mass is 32.2. The zero-order valence-corrected chi connectivity index (χ0v) is 29.2. The van der Waals surface area contributed by atoms with E-state index in [0.717, 1.165) is 84.8 Å². The van der Waals surface area contributed by atoms with E-state index in [1.807, 2.05) is 18.2 Å². The predicted molar refractivity (Wildman–Crippen MR) is 186 cm³/mol. The number of carbonyl (C=O) groups excluding carboxylic acids is 2. The number of carbonyl (C=O) groups is 2. The number of amides is 2. The standard InChI is InChI=1S/C38H46N4O6S/c1-47-29-10-12-30-27(20-29)19-28(36(44)40-23-37(13-14-37)48-38(24-40)15-16-38)22-42-32-21-26(35(43)39-49(45,46)41-17-5-6-18-41)9-11-31(32)33(34(30)42)25-7-3-2-4-8-25/h9-12,20-21,25,28H,2-8,13-19,22-24H2,1H3,(H,39,43). The summed E-state index contributed by atoms with van der Waals surface area (Å²) in [5.41, 5.74) is 5.44. The maximum absolute atomic E-state index is 14.7. The molecule has 49 heavy (non-hydrogen) atoms. The van der Waals surface area contributed by atoms with Crippen LogP contribution in [-0.2, 0) is 32.7 Å². The van der Waals surface area contributed by atoms with Gasteiger partial charge in [0, 0.05) is 54.8 Å². The molecule has 3 aliphatic heterocycles. The quantitative estimate of drug-likeness (QED) is 0.365. The Balaban J connectivity index is 1.16. The molecule has 3 aromatic rings. The molecule has 0 bridgehead atoms. The van der Waals surface area contributed by atoms with Gasteiger partial charge in [0.1, 0.15) is 5.75 Å². The van der Waals surface area contributed by atoms with Gasteiger partial charge in [0.2, 0.25) is 5.91 Å². The van der Waals surface area contributed by atoms with Crippen molar-refractivity contribution < 1.29 is 27.5 Å². The van der Waals surface area contributed by atoms with Crippen LogP contribution in [0.1, 0.15) is 98.0 Å². The molecule has 2 aromatic carbocycles. The third kappa shape index (κ3) is 5.56. The molecular weight excluding hydrogens is 641 g/mol. The lowest BCUT2D eigenvalue weighted by Crippen LogP contribution is -2.54. The number of aromatic nitrogens is 1. The van der Waals surface area contributed by atoms with Crippen LogP contribution in [0.4, 0.5) is 0 Å². The first kappa shape index (κ1) is 31.6. The highest BCUT2D eigenvalue weighted by Crippen LogP contribution is 2.55. The van der Waals surface area contributed by atoms with E-state index in [1.165, 1.54) is 29.1 Å². The minimum Gasteiger partial charge on any atom is -0.497 e. The molecule has 2 amide bonds. The van der Waals surface area contributed by atoms with E-state index in [4.69, 9.17) is 9.47 Å². The SMILES string of the molecule is COc1ccc2c(c1)CC(C(=O)N1CC3(CC3)OC3(CC3)C1)Cn1c-2c(C2CCCCC2)c2ccc(C(=O)NS(=O)(=O)N3CCCC3)cc21. The Morgan fingerprint density at radius 2 is 1.63 bits per heavy atom. The van der Waals surface area contributed by atoms with Crippen LogP contribution < -0.4 is 9.46 Å². The van der Waals surface area contributed by atoms with Crippen LogP contribution in [0, 0.1) is 5.92 Å². The van der Waals surface area contributed by atoms with Crippen LogP contribution in [0.2, 0.25) is 0 Å². The Bertz CT molecular complexity index is 1930. The number of rotatable bonds is 6. The first-order valence-electron chi connectivity index (χ1n) is 18.3. The molecule has 4 heterocycles. The number of benzene rings is 2. The minimum atomic E-state index is -3.93. The Labute approximate surface area is 288 Å². The number of nitrogens with zero attached hydrogens (tertiary/aromatic N) is 3. The van der Waals surface area contributed by atoms with Crippen molar-refractivity contribution in [2.75, 3.05) is 33.3 Å². The fraction of sp³-hybridized carbons (Fsp3) is 0.579. The summed E-state index contributed by atoms with van der Waals surface area (Å²) in [5, 5.41) is 1.08. The number of nitrogens with one attached hydrogen (secondary N) is 1. The van der Waals surface area contributed by atoms with Crippen LogP contribution in [0.25, 0.3) is 22.2 Å². The van der Waals surface area contributed by atoms with Crippen LogP contribution >= 0.6 is 0 Å². The summed E-state index contributed by atoms with van der Waals surface area (Å²) in [6.07, 6.45) is 12.0. The molecule has 260 valence electrons. The van der Waals surface area contributed by atoms with Gasteiger partial charge in [-0.3, -0.25) is 9.59 Å². The van der Waals surface area contributed by atoms with Gasteiger partial charge in [-0.15, -0.1) is 0 Å². The zero-order chi connectivity index (χ0) is 33.5. The van der Waals surface area contributed by atoms with E-state index in [2.05, 4.69) is 26.3 Å². The van der Waals surface area contributed by atoms with E-state index in [-0.39, 0.29) is 23.0 Å². The number of fused-ring (bicyclic) bond motifs is 5. The summed E-state index contributed by atoms with van der Waals surface area (Å²) < 4.78 is 44.3. The topological polar surface area (TPSA) is 110 Å². The lowest BCUT2D eigenvalue weighted by atomic mass is 9.81. The summed E-state index contributed by atoms with van der Waals surface area (Å²) in [5.74, 6) is 0.335. The summed E-state index contributed by atoms with van der Waals surface area (Å²) >= 11 is 0. The lowest BCUT2D eigenvalue weighted by molar-refractivity contribution is -0.158. The minimum absolute atomic E-state index is 0.161. The molecule has 2 saturated heterocycles. The summed E-state index contributed by atoms with van der Waals surface area (Å²) in [7, 11) is -2.25. The third-order valence-corrected chi connectivity index (χ3v) is 13.6. The van der Waals surface area contributed by atoms with Gasteiger partial charge < -0.3 is 18.9 Å². The van der Waals surface area contributed by atoms with E-state index < -0.39 is 16.1 Å². The second-order valence-electron chi connectivity index (χ2n) is 15.6. The number of hydrogen-bond acceptors (Lipinski definition) is 6. The first-order valence-corrected chi connectivity index (χ1v) is 19.8. The molecule has 1 aromatic heterocycles. The van der Waals surface area contributed by atoms with Crippen LogP contribution in [-0.4, -0.2) is 78.5 Å². The van der Waals surface area contributed by atoms with Crippen molar-refractivity contribution in [2.24, 2.45) is 5.92 Å². The van der Waals surface area contributed by atoms with E-state index in [1.54, 1.807) is 13.2 Å². The Kier molecular flexibility index (Phi) is 7.45. The van der Waals surface area contributed by atoms with Crippen molar-refractivity contribution >= 4 is 32.9 Å². The van der Waals surface area contributed by atoms with Gasteiger partial charge in [-0.2, -0.15) is 12.7 Å². The van der Waals surface area contributed by atoms with Crippen LogP contribution in [0.15, 0.2) is 36.4 Å². The second kappa shape index (κ2) is 11.6. The highest BCUT2D eigenvalue weighted by molar-refractivity contribution is 7.87. The zero-order valence-electron chi connectivity index (χ0n) is 28.3. The third-order valence-electron chi connectivity index (χ3n) is 12.1. The maximum atomic E-state index is 14.7. The molecule has 1 N–H and O–H groups in total. The van der Waals surface area contributed by atoms with Crippen molar-refractivity contribution in [1.82, 2.24) is 18.5 Å². The van der Waals surface area contributed by atoms with E-state index >= 15 is 0 Å². The van der Waals surface area contributed by atoms with Gasteiger partial charge in [-0.05, 0) is 105 Å². The maximum Gasteiger partial charge on any atom is 0.304 e. The Hall–Kier alpha value is -3.41. The molecular formula is C38H46N4O6S. The summed E-state index contributed by atoms with van der Waals surface area (Å²) in [6.45, 7) is 2.62. The van der Waals surface area contributed by atoms with Crippen molar-refractivity contribution in [3.8, 4) is 17.0 Å². The fourth-order valence-electron chi connectivity index (χ4n) is 9.27. The van der Waals surface area contributed by atoms with Gasteiger partial charge in [-0.1, -0.05) is 25.3 Å². The fourth-order valence-corrected chi connectivity index (χ4v) is 10.5.